The summed E-state index contributed by atoms with van der Waals surface area (Å²) in [7, 11) is 0. The highest BCUT2D eigenvalue weighted by Crippen LogP contribution is 2.28. The monoisotopic (exact) mass is 226 g/mol. The summed E-state index contributed by atoms with van der Waals surface area (Å²) in [5, 5.41) is 11.8. The number of aliphatic carboxylic acids is 1. The van der Waals surface area contributed by atoms with Gasteiger partial charge in [0.25, 0.3) is 0 Å². The lowest BCUT2D eigenvalue weighted by Gasteiger charge is -2.25. The Balaban J connectivity index is 1.89. The molecule has 2 fully saturated rings. The number of amides is 1. The Hall–Kier alpha value is -1.10. The minimum absolute atomic E-state index is 0.0506. The first-order valence-electron chi connectivity index (χ1n) is 5.94. The van der Waals surface area contributed by atoms with Crippen LogP contribution >= 0.6 is 0 Å². The smallest absolute Gasteiger partial charge is 0.305 e. The number of nitrogens with zero attached hydrogens (tertiary/aromatic N) is 1. The number of hydrogen-bond acceptors (Lipinski definition) is 3. The molecule has 2 N–H and O–H groups in total. The molecule has 5 nitrogen and oxygen atoms in total. The predicted octanol–water partition coefficient (Wildman–Crippen LogP) is 0.204. The molecule has 0 aromatic carbocycles. The van der Waals surface area contributed by atoms with Crippen LogP contribution in [0.25, 0.3) is 0 Å². The van der Waals surface area contributed by atoms with Gasteiger partial charge in [-0.05, 0) is 32.2 Å². The van der Waals surface area contributed by atoms with Crippen molar-refractivity contribution in [2.75, 3.05) is 13.1 Å². The number of carboxylic acid groups (broad SMARTS) is 1. The van der Waals surface area contributed by atoms with E-state index in [0.29, 0.717) is 12.6 Å². The third-order valence-electron chi connectivity index (χ3n) is 3.20. The Kier molecular flexibility index (Phi) is 3.43. The van der Waals surface area contributed by atoms with E-state index in [1.54, 1.807) is 4.90 Å². The minimum Gasteiger partial charge on any atom is -0.481 e. The van der Waals surface area contributed by atoms with Gasteiger partial charge in [-0.25, -0.2) is 0 Å². The summed E-state index contributed by atoms with van der Waals surface area (Å²) >= 11 is 0. The molecule has 5 heteroatoms. The first-order valence-corrected chi connectivity index (χ1v) is 5.94. The van der Waals surface area contributed by atoms with E-state index in [-0.39, 0.29) is 18.4 Å². The molecule has 1 heterocycles. The van der Waals surface area contributed by atoms with Crippen molar-refractivity contribution in [3.63, 3.8) is 0 Å². The van der Waals surface area contributed by atoms with Crippen LogP contribution < -0.4 is 5.32 Å². The van der Waals surface area contributed by atoms with Gasteiger partial charge in [-0.15, -0.1) is 0 Å². The van der Waals surface area contributed by atoms with E-state index >= 15 is 0 Å². The quantitative estimate of drug-likeness (QED) is 0.703. The molecule has 0 spiro atoms. The van der Waals surface area contributed by atoms with E-state index in [2.05, 4.69) is 5.32 Å². The van der Waals surface area contributed by atoms with Crippen LogP contribution in [0.2, 0.25) is 0 Å². The van der Waals surface area contributed by atoms with Gasteiger partial charge in [0.05, 0.1) is 12.5 Å². The molecule has 0 bridgehead atoms. The van der Waals surface area contributed by atoms with Crippen molar-refractivity contribution < 1.29 is 14.7 Å². The topological polar surface area (TPSA) is 69.6 Å². The SMILES string of the molecule is O=C(O)CCN(C(=O)[C@@H]1CCCN1)C1CC1. The predicted molar refractivity (Wildman–Crippen MR) is 58.0 cm³/mol. The van der Waals surface area contributed by atoms with Crippen molar-refractivity contribution in [2.45, 2.75) is 44.2 Å². The number of carboxylic acids is 1. The van der Waals surface area contributed by atoms with Gasteiger partial charge in [-0.1, -0.05) is 0 Å². The summed E-state index contributed by atoms with van der Waals surface area (Å²) in [5.41, 5.74) is 0. The van der Waals surface area contributed by atoms with E-state index < -0.39 is 5.97 Å². The number of carbonyl (C=O) groups excluding carboxylic acids is 1. The zero-order valence-electron chi connectivity index (χ0n) is 9.32. The lowest BCUT2D eigenvalue weighted by atomic mass is 10.2. The fourth-order valence-corrected chi connectivity index (χ4v) is 2.17. The average Bonchev–Trinajstić information content (AvgIpc) is 2.93. The number of nitrogens with one attached hydrogen (secondary N) is 1. The van der Waals surface area contributed by atoms with E-state index in [1.165, 1.54) is 0 Å². The largest absolute Gasteiger partial charge is 0.481 e. The molecule has 1 aliphatic carbocycles. The molecule has 2 aliphatic rings. The molecule has 1 atom stereocenters. The molecule has 0 aromatic heterocycles. The Morgan fingerprint density at radius 1 is 1.31 bits per heavy atom. The van der Waals surface area contributed by atoms with E-state index in [4.69, 9.17) is 5.11 Å². The average molecular weight is 226 g/mol. The summed E-state index contributed by atoms with van der Waals surface area (Å²) in [6, 6.07) is 0.226. The lowest BCUT2D eigenvalue weighted by molar-refractivity contribution is -0.139. The van der Waals surface area contributed by atoms with Crippen LogP contribution in [0.3, 0.4) is 0 Å². The van der Waals surface area contributed by atoms with Gasteiger partial charge in [0.1, 0.15) is 0 Å². The number of rotatable bonds is 5. The third-order valence-corrected chi connectivity index (χ3v) is 3.20. The molecule has 1 aliphatic heterocycles. The normalized spacial score (nSPS) is 24.4. The molecule has 0 unspecified atom stereocenters. The van der Waals surface area contributed by atoms with Crippen molar-refractivity contribution in [1.29, 1.82) is 0 Å². The summed E-state index contributed by atoms with van der Waals surface area (Å²) < 4.78 is 0. The maximum atomic E-state index is 12.1. The lowest BCUT2D eigenvalue weighted by Crippen LogP contribution is -2.45. The number of hydrogen-bond donors (Lipinski definition) is 2. The van der Waals surface area contributed by atoms with Crippen molar-refractivity contribution in [3.8, 4) is 0 Å². The zero-order chi connectivity index (χ0) is 11.5. The third kappa shape index (κ3) is 2.72. The molecule has 0 aromatic rings. The van der Waals surface area contributed by atoms with E-state index in [9.17, 15) is 9.59 Å². The molecule has 1 saturated carbocycles. The van der Waals surface area contributed by atoms with Crippen LogP contribution in [0.5, 0.6) is 0 Å². The fourth-order valence-electron chi connectivity index (χ4n) is 2.17. The summed E-state index contributed by atoms with van der Waals surface area (Å²) in [4.78, 5) is 24.4. The van der Waals surface area contributed by atoms with Crippen LogP contribution in [0.15, 0.2) is 0 Å². The van der Waals surface area contributed by atoms with Gasteiger partial charge >= 0.3 is 5.97 Å². The standard InChI is InChI=1S/C11H18N2O3/c14-10(15)5-7-13(8-3-4-8)11(16)9-2-1-6-12-9/h8-9,12H,1-7H2,(H,14,15)/t9-/m0/s1. The van der Waals surface area contributed by atoms with Crippen LogP contribution in [-0.4, -0.2) is 47.1 Å². The molecule has 90 valence electrons. The first kappa shape index (κ1) is 11.4. The van der Waals surface area contributed by atoms with Crippen molar-refractivity contribution in [3.05, 3.63) is 0 Å². The summed E-state index contributed by atoms with van der Waals surface area (Å²) in [5.74, 6) is -0.737. The summed E-state index contributed by atoms with van der Waals surface area (Å²) in [6.07, 6.45) is 4.02. The second-order valence-electron chi connectivity index (χ2n) is 4.56. The van der Waals surface area contributed by atoms with Crippen molar-refractivity contribution in [1.82, 2.24) is 10.2 Å². The molecule has 2 rings (SSSR count). The van der Waals surface area contributed by atoms with Gasteiger partial charge in [-0.3, -0.25) is 9.59 Å². The molecule has 1 saturated heterocycles. The van der Waals surface area contributed by atoms with Gasteiger partial charge in [0.2, 0.25) is 5.91 Å². The maximum absolute atomic E-state index is 12.1. The molecular weight excluding hydrogens is 208 g/mol. The first-order chi connectivity index (χ1) is 7.68. The van der Waals surface area contributed by atoms with Gasteiger partial charge < -0.3 is 15.3 Å². The van der Waals surface area contributed by atoms with Crippen LogP contribution in [0.4, 0.5) is 0 Å². The van der Waals surface area contributed by atoms with Crippen LogP contribution in [0, 0.1) is 0 Å². The van der Waals surface area contributed by atoms with Gasteiger partial charge in [-0.2, -0.15) is 0 Å². The number of carbonyl (C=O) groups is 2. The highest BCUT2D eigenvalue weighted by atomic mass is 16.4. The minimum atomic E-state index is -0.835. The molecule has 1 amide bonds. The Morgan fingerprint density at radius 2 is 2.06 bits per heavy atom. The van der Waals surface area contributed by atoms with E-state index in [0.717, 1.165) is 32.2 Å². The second-order valence-corrected chi connectivity index (χ2v) is 4.56. The van der Waals surface area contributed by atoms with Crippen LogP contribution in [0.1, 0.15) is 32.1 Å². The van der Waals surface area contributed by atoms with Crippen LogP contribution in [-0.2, 0) is 9.59 Å². The Bertz CT molecular complexity index is 283. The highest BCUT2D eigenvalue weighted by molar-refractivity contribution is 5.83. The molecule has 0 radical (unpaired) electrons. The van der Waals surface area contributed by atoms with Crippen molar-refractivity contribution >= 4 is 11.9 Å². The maximum Gasteiger partial charge on any atom is 0.305 e. The van der Waals surface area contributed by atoms with Gasteiger partial charge in [0, 0.05) is 12.6 Å². The zero-order valence-corrected chi connectivity index (χ0v) is 9.32. The summed E-state index contributed by atoms with van der Waals surface area (Å²) in [6.45, 7) is 1.25. The highest BCUT2D eigenvalue weighted by Gasteiger charge is 2.36. The van der Waals surface area contributed by atoms with Gasteiger partial charge in [0.15, 0.2) is 0 Å². The molecule has 16 heavy (non-hydrogen) atoms. The Morgan fingerprint density at radius 3 is 2.56 bits per heavy atom. The molecular formula is C11H18N2O3. The second kappa shape index (κ2) is 4.82. The van der Waals surface area contributed by atoms with E-state index in [1.807, 2.05) is 0 Å². The Labute approximate surface area is 94.8 Å². The fraction of sp³-hybridized carbons (Fsp3) is 0.818. The van der Waals surface area contributed by atoms with Crippen molar-refractivity contribution in [2.24, 2.45) is 0 Å².